The first-order valence-electron chi connectivity index (χ1n) is 5.61. The maximum atomic E-state index is 11.2. The van der Waals surface area contributed by atoms with E-state index in [4.69, 9.17) is 5.11 Å². The van der Waals surface area contributed by atoms with Gasteiger partial charge in [-0.1, -0.05) is 36.4 Å². The Hall–Kier alpha value is -1.74. The minimum atomic E-state index is -0.873. The number of rotatable bonds is 3. The molecule has 2 aromatic rings. The second-order valence-electron chi connectivity index (χ2n) is 3.99. The number of carboxylic acid groups (broad SMARTS) is 1. The first-order chi connectivity index (χ1) is 8.65. The van der Waals surface area contributed by atoms with Crippen molar-refractivity contribution >= 4 is 17.7 Å². The Balaban J connectivity index is 2.62. The first kappa shape index (κ1) is 12.7. The molecule has 0 atom stereocenters. The summed E-state index contributed by atoms with van der Waals surface area (Å²) in [7, 11) is 0. The van der Waals surface area contributed by atoms with Crippen molar-refractivity contribution in [2.75, 3.05) is 6.26 Å². The predicted molar refractivity (Wildman–Crippen MR) is 75.4 cm³/mol. The molecule has 92 valence electrons. The van der Waals surface area contributed by atoms with E-state index in [-0.39, 0.29) is 0 Å². The molecule has 0 aliphatic heterocycles. The van der Waals surface area contributed by atoms with Crippen molar-refractivity contribution in [3.63, 3.8) is 0 Å². The highest BCUT2D eigenvalue weighted by molar-refractivity contribution is 7.98. The molecule has 0 aliphatic carbocycles. The third-order valence-electron chi connectivity index (χ3n) is 2.93. The van der Waals surface area contributed by atoms with Crippen molar-refractivity contribution in [2.24, 2.45) is 0 Å². The van der Waals surface area contributed by atoms with Gasteiger partial charge in [0.1, 0.15) is 0 Å². The third kappa shape index (κ3) is 2.27. The van der Waals surface area contributed by atoms with Gasteiger partial charge in [0.25, 0.3) is 0 Å². The van der Waals surface area contributed by atoms with Crippen LogP contribution in [0.4, 0.5) is 0 Å². The van der Waals surface area contributed by atoms with Gasteiger partial charge < -0.3 is 5.11 Å². The zero-order chi connectivity index (χ0) is 13.1. The Bertz CT molecular complexity index is 577. The molecule has 1 N–H and O–H groups in total. The highest BCUT2D eigenvalue weighted by Crippen LogP contribution is 2.32. The standard InChI is InChI=1S/C15H14O2S/c1-10-12(11-6-4-3-5-7-11)8-9-13(15(16)17)14(10)18-2/h3-9H,1-2H3,(H,16,17). The number of hydrogen-bond donors (Lipinski definition) is 1. The average Bonchev–Trinajstić information content (AvgIpc) is 2.39. The van der Waals surface area contributed by atoms with Gasteiger partial charge in [0.05, 0.1) is 5.56 Å². The van der Waals surface area contributed by atoms with Crippen LogP contribution in [0.15, 0.2) is 47.4 Å². The molecular formula is C15H14O2S. The molecule has 0 aromatic heterocycles. The average molecular weight is 258 g/mol. The van der Waals surface area contributed by atoms with Gasteiger partial charge in [-0.05, 0) is 35.9 Å². The zero-order valence-corrected chi connectivity index (χ0v) is 11.1. The molecule has 0 spiro atoms. The lowest BCUT2D eigenvalue weighted by molar-refractivity contribution is 0.0693. The van der Waals surface area contributed by atoms with E-state index in [2.05, 4.69) is 0 Å². The van der Waals surface area contributed by atoms with Gasteiger partial charge >= 0.3 is 5.97 Å². The molecule has 2 aromatic carbocycles. The van der Waals surface area contributed by atoms with Crippen LogP contribution in [0.3, 0.4) is 0 Å². The van der Waals surface area contributed by atoms with Crippen molar-refractivity contribution < 1.29 is 9.90 Å². The van der Waals surface area contributed by atoms with Gasteiger partial charge in [0.15, 0.2) is 0 Å². The summed E-state index contributed by atoms with van der Waals surface area (Å²) < 4.78 is 0. The van der Waals surface area contributed by atoms with Crippen LogP contribution in [-0.2, 0) is 0 Å². The van der Waals surface area contributed by atoms with Gasteiger partial charge in [-0.15, -0.1) is 11.8 Å². The van der Waals surface area contributed by atoms with E-state index in [0.29, 0.717) is 5.56 Å². The molecule has 0 unspecified atom stereocenters. The molecular weight excluding hydrogens is 244 g/mol. The molecule has 0 aliphatic rings. The normalized spacial score (nSPS) is 10.3. The number of benzene rings is 2. The first-order valence-corrected chi connectivity index (χ1v) is 6.84. The van der Waals surface area contributed by atoms with Crippen LogP contribution in [0, 0.1) is 6.92 Å². The predicted octanol–water partition coefficient (Wildman–Crippen LogP) is 4.08. The number of carbonyl (C=O) groups is 1. The number of thioether (sulfide) groups is 1. The maximum absolute atomic E-state index is 11.2. The number of carboxylic acids is 1. The van der Waals surface area contributed by atoms with E-state index >= 15 is 0 Å². The summed E-state index contributed by atoms with van der Waals surface area (Å²) >= 11 is 1.48. The molecule has 0 fully saturated rings. The minimum absolute atomic E-state index is 0.375. The largest absolute Gasteiger partial charge is 0.478 e. The molecule has 0 bridgehead atoms. The number of hydrogen-bond acceptors (Lipinski definition) is 2. The van der Waals surface area contributed by atoms with Gasteiger partial charge in [-0.2, -0.15) is 0 Å². The van der Waals surface area contributed by atoms with Crippen molar-refractivity contribution in [1.29, 1.82) is 0 Å². The Morgan fingerprint density at radius 1 is 1.11 bits per heavy atom. The van der Waals surface area contributed by atoms with Crippen molar-refractivity contribution in [3.8, 4) is 11.1 Å². The number of aromatic carboxylic acids is 1. The van der Waals surface area contributed by atoms with E-state index in [0.717, 1.165) is 21.6 Å². The Morgan fingerprint density at radius 3 is 2.33 bits per heavy atom. The monoisotopic (exact) mass is 258 g/mol. The smallest absolute Gasteiger partial charge is 0.336 e. The summed E-state index contributed by atoms with van der Waals surface area (Å²) in [4.78, 5) is 12.0. The molecule has 0 saturated heterocycles. The summed E-state index contributed by atoms with van der Waals surface area (Å²) in [6.07, 6.45) is 1.91. The van der Waals surface area contributed by atoms with Gasteiger partial charge in [0.2, 0.25) is 0 Å². The third-order valence-corrected chi connectivity index (χ3v) is 3.86. The second-order valence-corrected chi connectivity index (χ2v) is 4.81. The highest BCUT2D eigenvalue weighted by Gasteiger charge is 2.14. The summed E-state index contributed by atoms with van der Waals surface area (Å²) in [6.45, 7) is 1.97. The molecule has 2 nitrogen and oxygen atoms in total. The fourth-order valence-electron chi connectivity index (χ4n) is 2.05. The fourth-order valence-corrected chi connectivity index (χ4v) is 2.84. The summed E-state index contributed by atoms with van der Waals surface area (Å²) in [5.74, 6) is -0.873. The Morgan fingerprint density at radius 2 is 1.78 bits per heavy atom. The minimum Gasteiger partial charge on any atom is -0.478 e. The lowest BCUT2D eigenvalue weighted by Gasteiger charge is -2.12. The van der Waals surface area contributed by atoms with Crippen LogP contribution < -0.4 is 0 Å². The molecule has 0 saturated carbocycles. The second kappa shape index (κ2) is 5.27. The van der Waals surface area contributed by atoms with Crippen LogP contribution >= 0.6 is 11.8 Å². The van der Waals surface area contributed by atoms with Gasteiger partial charge in [-0.3, -0.25) is 0 Å². The highest BCUT2D eigenvalue weighted by atomic mass is 32.2. The molecule has 0 radical (unpaired) electrons. The van der Waals surface area contributed by atoms with Crippen LogP contribution in [0.2, 0.25) is 0 Å². The Kier molecular flexibility index (Phi) is 3.72. The van der Waals surface area contributed by atoms with E-state index in [9.17, 15) is 4.79 Å². The van der Waals surface area contributed by atoms with Crippen LogP contribution in [0.5, 0.6) is 0 Å². The Labute approximate surface area is 111 Å². The van der Waals surface area contributed by atoms with E-state index in [1.807, 2.05) is 49.6 Å². The van der Waals surface area contributed by atoms with Crippen molar-refractivity contribution in [1.82, 2.24) is 0 Å². The SMILES string of the molecule is CSc1c(C(=O)O)ccc(-c2ccccc2)c1C. The maximum Gasteiger partial charge on any atom is 0.336 e. The summed E-state index contributed by atoms with van der Waals surface area (Å²) in [6, 6.07) is 13.6. The zero-order valence-electron chi connectivity index (χ0n) is 10.3. The summed E-state index contributed by atoms with van der Waals surface area (Å²) in [5.41, 5.74) is 3.60. The van der Waals surface area contributed by atoms with Gasteiger partial charge in [0, 0.05) is 4.90 Å². The van der Waals surface area contributed by atoms with Gasteiger partial charge in [-0.25, -0.2) is 4.79 Å². The van der Waals surface area contributed by atoms with Crippen molar-refractivity contribution in [3.05, 3.63) is 53.6 Å². The van der Waals surface area contributed by atoms with Crippen molar-refractivity contribution in [2.45, 2.75) is 11.8 Å². The van der Waals surface area contributed by atoms with Crippen LogP contribution in [-0.4, -0.2) is 17.3 Å². The molecule has 0 amide bonds. The fraction of sp³-hybridized carbons (Fsp3) is 0.133. The quantitative estimate of drug-likeness (QED) is 0.843. The van der Waals surface area contributed by atoms with Crippen LogP contribution in [0.1, 0.15) is 15.9 Å². The molecule has 18 heavy (non-hydrogen) atoms. The molecule has 0 heterocycles. The van der Waals surface area contributed by atoms with Crippen LogP contribution in [0.25, 0.3) is 11.1 Å². The lowest BCUT2D eigenvalue weighted by atomic mass is 9.98. The lowest BCUT2D eigenvalue weighted by Crippen LogP contribution is -2.01. The molecule has 3 heteroatoms. The van der Waals surface area contributed by atoms with E-state index < -0.39 is 5.97 Å². The topological polar surface area (TPSA) is 37.3 Å². The molecule has 2 rings (SSSR count). The van der Waals surface area contributed by atoms with E-state index in [1.54, 1.807) is 6.07 Å². The van der Waals surface area contributed by atoms with E-state index in [1.165, 1.54) is 11.8 Å². The summed E-state index contributed by atoms with van der Waals surface area (Å²) in [5, 5.41) is 9.17.